The fourth-order valence-corrected chi connectivity index (χ4v) is 1.88. The van der Waals surface area contributed by atoms with Crippen LogP contribution in [0.5, 0.6) is 5.88 Å². The molecule has 2 rings (SSSR count). The SMILES string of the molecule is CNc1ccc(C=Cc2ccc(OCC(CO)C[18F])nc2)cc1. The topological polar surface area (TPSA) is 54.4 Å². The largest absolute Gasteiger partial charge is 0.477 e. The van der Waals surface area contributed by atoms with Crippen molar-refractivity contribution in [3.8, 4) is 5.88 Å². The Morgan fingerprint density at radius 3 is 2.43 bits per heavy atom. The van der Waals surface area contributed by atoms with Crippen LogP contribution in [0.1, 0.15) is 11.1 Å². The molecule has 0 aliphatic carbocycles. The van der Waals surface area contributed by atoms with E-state index < -0.39 is 12.6 Å². The predicted octanol–water partition coefficient (Wildman–Crippen LogP) is 3.25. The Labute approximate surface area is 135 Å². The number of hydrogen-bond donors (Lipinski definition) is 2. The molecule has 0 fully saturated rings. The van der Waals surface area contributed by atoms with Gasteiger partial charge in [0.05, 0.1) is 19.9 Å². The van der Waals surface area contributed by atoms with E-state index in [1.165, 1.54) is 0 Å². The molecule has 0 saturated carbocycles. The highest BCUT2D eigenvalue weighted by Gasteiger charge is 2.08. The Kier molecular flexibility index (Phi) is 6.56. The van der Waals surface area contributed by atoms with E-state index in [4.69, 9.17) is 9.84 Å². The number of halogens is 1. The van der Waals surface area contributed by atoms with Crippen LogP contribution in [0, 0.1) is 5.92 Å². The first kappa shape index (κ1) is 17.0. The maximum atomic E-state index is 12.5. The molecular weight excluding hydrogens is 294 g/mol. The minimum Gasteiger partial charge on any atom is -0.477 e. The molecule has 0 bridgehead atoms. The highest BCUT2D eigenvalue weighted by Crippen LogP contribution is 2.14. The summed E-state index contributed by atoms with van der Waals surface area (Å²) in [6, 6.07) is 11.7. The zero-order valence-electron chi connectivity index (χ0n) is 13.1. The number of alkyl halides is 1. The van der Waals surface area contributed by atoms with Crippen LogP contribution in [0.15, 0.2) is 42.6 Å². The van der Waals surface area contributed by atoms with Gasteiger partial charge in [-0.1, -0.05) is 24.3 Å². The number of aromatic nitrogens is 1. The second-order valence-corrected chi connectivity index (χ2v) is 5.15. The summed E-state index contributed by atoms with van der Waals surface area (Å²) in [7, 11) is 1.89. The second kappa shape index (κ2) is 8.90. The Hall–Kier alpha value is -2.40. The number of nitrogens with one attached hydrogen (secondary N) is 1. The molecule has 0 aliphatic rings. The summed E-state index contributed by atoms with van der Waals surface area (Å²) >= 11 is 0. The fourth-order valence-electron chi connectivity index (χ4n) is 1.88. The molecule has 1 aromatic heterocycles. The lowest BCUT2D eigenvalue weighted by atomic mass is 10.1. The Bertz CT molecular complexity index is 608. The Balaban J connectivity index is 1.92. The van der Waals surface area contributed by atoms with Gasteiger partial charge >= 0.3 is 0 Å². The van der Waals surface area contributed by atoms with Crippen molar-refractivity contribution in [3.63, 3.8) is 0 Å². The van der Waals surface area contributed by atoms with Gasteiger partial charge in [-0.15, -0.1) is 0 Å². The normalized spacial score (nSPS) is 12.3. The van der Waals surface area contributed by atoms with Gasteiger partial charge in [0.2, 0.25) is 5.88 Å². The second-order valence-electron chi connectivity index (χ2n) is 5.15. The van der Waals surface area contributed by atoms with E-state index in [1.54, 1.807) is 12.3 Å². The summed E-state index contributed by atoms with van der Waals surface area (Å²) in [6.07, 6.45) is 5.66. The van der Waals surface area contributed by atoms with Crippen LogP contribution < -0.4 is 10.1 Å². The fraction of sp³-hybridized carbons (Fsp3) is 0.278. The maximum absolute atomic E-state index is 12.5. The Morgan fingerprint density at radius 1 is 1.17 bits per heavy atom. The molecule has 0 amide bonds. The van der Waals surface area contributed by atoms with Crippen molar-refractivity contribution in [1.82, 2.24) is 4.98 Å². The number of aliphatic hydroxyl groups excluding tert-OH is 1. The first-order chi connectivity index (χ1) is 11.2. The third-order valence-electron chi connectivity index (χ3n) is 3.37. The average molecular weight is 315 g/mol. The lowest BCUT2D eigenvalue weighted by molar-refractivity contribution is 0.137. The summed E-state index contributed by atoms with van der Waals surface area (Å²) < 4.78 is 17.8. The van der Waals surface area contributed by atoms with Gasteiger partial charge in [0, 0.05) is 30.9 Å². The molecule has 1 atom stereocenters. The van der Waals surface area contributed by atoms with Gasteiger partial charge in [0.1, 0.15) is 0 Å². The molecular formula is C18H21FN2O2. The van der Waals surface area contributed by atoms with Crippen LogP contribution in [-0.4, -0.2) is 37.0 Å². The number of aliphatic hydroxyl groups is 1. The van der Waals surface area contributed by atoms with Crippen LogP contribution in [0.2, 0.25) is 0 Å². The first-order valence-electron chi connectivity index (χ1n) is 7.46. The van der Waals surface area contributed by atoms with E-state index in [9.17, 15) is 4.39 Å². The van der Waals surface area contributed by atoms with Gasteiger partial charge in [-0.25, -0.2) is 4.98 Å². The van der Waals surface area contributed by atoms with Crippen molar-refractivity contribution in [2.24, 2.45) is 5.92 Å². The molecule has 122 valence electrons. The third-order valence-corrected chi connectivity index (χ3v) is 3.37. The molecule has 2 N–H and O–H groups in total. The van der Waals surface area contributed by atoms with E-state index in [-0.39, 0.29) is 13.2 Å². The lowest BCUT2D eigenvalue weighted by Gasteiger charge is -2.10. The van der Waals surface area contributed by atoms with E-state index in [1.807, 2.05) is 49.5 Å². The molecule has 1 aromatic carbocycles. The number of rotatable bonds is 8. The molecule has 0 aliphatic heterocycles. The summed E-state index contributed by atoms with van der Waals surface area (Å²) in [5.74, 6) is -0.0793. The summed E-state index contributed by atoms with van der Waals surface area (Å²) in [5, 5.41) is 12.0. The summed E-state index contributed by atoms with van der Waals surface area (Å²) in [5.41, 5.74) is 3.11. The monoisotopic (exact) mass is 315 g/mol. The van der Waals surface area contributed by atoms with Crippen LogP contribution in [0.4, 0.5) is 10.1 Å². The van der Waals surface area contributed by atoms with Crippen molar-refractivity contribution in [3.05, 3.63) is 53.7 Å². The molecule has 5 heteroatoms. The molecule has 0 spiro atoms. The highest BCUT2D eigenvalue weighted by atomic mass is 18.2. The number of nitrogens with zero attached hydrogens (tertiary/aromatic N) is 1. The zero-order valence-corrected chi connectivity index (χ0v) is 13.1. The predicted molar refractivity (Wildman–Crippen MR) is 91.2 cm³/mol. The van der Waals surface area contributed by atoms with Crippen molar-refractivity contribution >= 4 is 17.8 Å². The molecule has 1 heterocycles. The van der Waals surface area contributed by atoms with Crippen molar-refractivity contribution in [2.45, 2.75) is 0 Å². The minimum atomic E-state index is -0.607. The van der Waals surface area contributed by atoms with E-state index in [2.05, 4.69) is 10.3 Å². The van der Waals surface area contributed by atoms with Crippen LogP contribution >= 0.6 is 0 Å². The molecule has 2 aromatic rings. The van der Waals surface area contributed by atoms with E-state index >= 15 is 0 Å². The standard InChI is InChI=1S/C18H21FN2O2/c1-20-17-7-4-14(5-8-17)2-3-15-6-9-18(21-11-15)23-13-16(10-19)12-22/h2-9,11,16,20,22H,10,12-13H2,1H3/i19-1. The number of hydrogen-bond acceptors (Lipinski definition) is 4. The number of anilines is 1. The van der Waals surface area contributed by atoms with Crippen LogP contribution in [0.3, 0.4) is 0 Å². The molecule has 23 heavy (non-hydrogen) atoms. The van der Waals surface area contributed by atoms with Gasteiger partial charge < -0.3 is 15.2 Å². The van der Waals surface area contributed by atoms with Crippen molar-refractivity contribution < 1.29 is 14.2 Å². The minimum absolute atomic E-state index is 0.118. The molecule has 1 unspecified atom stereocenters. The van der Waals surface area contributed by atoms with Gasteiger partial charge in [0.25, 0.3) is 0 Å². The number of benzene rings is 1. The van der Waals surface area contributed by atoms with E-state index in [0.29, 0.717) is 5.88 Å². The average Bonchev–Trinajstić information content (AvgIpc) is 2.62. The third kappa shape index (κ3) is 5.38. The highest BCUT2D eigenvalue weighted by molar-refractivity contribution is 5.70. The summed E-state index contributed by atoms with van der Waals surface area (Å²) in [6.45, 7) is -0.722. The summed E-state index contributed by atoms with van der Waals surface area (Å²) in [4.78, 5) is 4.17. The molecule has 0 radical (unpaired) electrons. The van der Waals surface area contributed by atoms with E-state index in [0.717, 1.165) is 16.8 Å². The van der Waals surface area contributed by atoms with Crippen molar-refractivity contribution in [1.29, 1.82) is 0 Å². The molecule has 4 nitrogen and oxygen atoms in total. The smallest absolute Gasteiger partial charge is 0.213 e. The van der Waals surface area contributed by atoms with Gasteiger partial charge in [-0.2, -0.15) is 0 Å². The number of pyridine rings is 1. The van der Waals surface area contributed by atoms with Gasteiger partial charge in [0.15, 0.2) is 0 Å². The number of ether oxygens (including phenoxy) is 1. The Morgan fingerprint density at radius 2 is 1.87 bits per heavy atom. The van der Waals surface area contributed by atoms with Crippen molar-refractivity contribution in [2.75, 3.05) is 32.3 Å². The first-order valence-corrected chi connectivity index (χ1v) is 7.46. The quantitative estimate of drug-likeness (QED) is 0.785. The maximum Gasteiger partial charge on any atom is 0.213 e. The lowest BCUT2D eigenvalue weighted by Crippen LogP contribution is -2.18. The van der Waals surface area contributed by atoms with Crippen LogP contribution in [-0.2, 0) is 0 Å². The van der Waals surface area contributed by atoms with Gasteiger partial charge in [-0.3, -0.25) is 4.39 Å². The molecule has 0 saturated heterocycles. The van der Waals surface area contributed by atoms with Gasteiger partial charge in [-0.05, 0) is 29.3 Å². The zero-order chi connectivity index (χ0) is 16.5. The van der Waals surface area contributed by atoms with Crippen LogP contribution in [0.25, 0.3) is 12.2 Å².